The van der Waals surface area contributed by atoms with Crippen molar-refractivity contribution in [3.05, 3.63) is 24.0 Å². The Hall–Kier alpha value is -1.47. The van der Waals surface area contributed by atoms with Crippen molar-refractivity contribution < 1.29 is 18.1 Å². The number of amides is 1. The third kappa shape index (κ3) is 7.19. The zero-order chi connectivity index (χ0) is 15.7. The van der Waals surface area contributed by atoms with Crippen molar-refractivity contribution in [1.29, 1.82) is 0 Å². The minimum atomic E-state index is -0.947. The van der Waals surface area contributed by atoms with E-state index in [0.29, 0.717) is 30.2 Å². The molecule has 1 atom stereocenters. The molecule has 0 spiro atoms. The van der Waals surface area contributed by atoms with Gasteiger partial charge in [-0.05, 0) is 31.0 Å². The molecule has 0 saturated carbocycles. The lowest BCUT2D eigenvalue weighted by Gasteiger charge is -2.07. The Kier molecular flexibility index (Phi) is 7.92. The van der Waals surface area contributed by atoms with Crippen LogP contribution >= 0.6 is 0 Å². The summed E-state index contributed by atoms with van der Waals surface area (Å²) in [6, 6.07) is 4.00. The highest BCUT2D eigenvalue weighted by molar-refractivity contribution is 7.84. The molecule has 0 heterocycles. The molecule has 1 aromatic carbocycles. The van der Waals surface area contributed by atoms with Crippen LogP contribution in [0.4, 0.5) is 15.8 Å². The van der Waals surface area contributed by atoms with E-state index in [0.717, 1.165) is 6.42 Å². The summed E-state index contributed by atoms with van der Waals surface area (Å²) in [5.74, 6) is 0.185. The molecule has 1 rings (SSSR count). The molecule has 0 bridgehead atoms. The number of carbonyl (C=O) groups excluding carboxylic acids is 1. The maximum atomic E-state index is 13.4. The molecule has 1 aromatic rings. The standard InChI is InChI=1S/C14H21FN2O3S/c1-20-7-3-9-21(19)8-2-4-14(18)17-13-10-11(16)5-6-12(13)15/h5-6,10H,2-4,7-9,16H2,1H3,(H,17,18). The molecule has 0 fully saturated rings. The van der Waals surface area contributed by atoms with E-state index in [4.69, 9.17) is 10.5 Å². The van der Waals surface area contributed by atoms with Crippen LogP contribution in [0.1, 0.15) is 19.3 Å². The van der Waals surface area contributed by atoms with Gasteiger partial charge in [0, 0.05) is 48.1 Å². The van der Waals surface area contributed by atoms with Crippen LogP contribution in [-0.4, -0.2) is 35.3 Å². The number of nitrogen functional groups attached to an aromatic ring is 1. The zero-order valence-corrected chi connectivity index (χ0v) is 12.9. The first-order valence-electron chi connectivity index (χ1n) is 6.71. The van der Waals surface area contributed by atoms with E-state index in [9.17, 15) is 13.4 Å². The minimum absolute atomic E-state index is 0.0706. The quantitative estimate of drug-likeness (QED) is 0.538. The van der Waals surface area contributed by atoms with E-state index >= 15 is 0 Å². The van der Waals surface area contributed by atoms with Gasteiger partial charge in [0.15, 0.2) is 0 Å². The van der Waals surface area contributed by atoms with Crippen molar-refractivity contribution in [3.63, 3.8) is 0 Å². The van der Waals surface area contributed by atoms with Gasteiger partial charge in [-0.25, -0.2) is 4.39 Å². The number of hydrogen-bond donors (Lipinski definition) is 2. The lowest BCUT2D eigenvalue weighted by molar-refractivity contribution is -0.116. The third-order valence-electron chi connectivity index (χ3n) is 2.76. The number of methoxy groups -OCH3 is 1. The number of nitrogens with two attached hydrogens (primary N) is 1. The smallest absolute Gasteiger partial charge is 0.224 e. The summed E-state index contributed by atoms with van der Waals surface area (Å²) in [7, 11) is 0.653. The zero-order valence-electron chi connectivity index (χ0n) is 12.1. The van der Waals surface area contributed by atoms with Crippen LogP contribution in [0.15, 0.2) is 18.2 Å². The van der Waals surface area contributed by atoms with Gasteiger partial charge in [-0.1, -0.05) is 0 Å². The van der Waals surface area contributed by atoms with Gasteiger partial charge >= 0.3 is 0 Å². The molecule has 21 heavy (non-hydrogen) atoms. The molecule has 0 aliphatic carbocycles. The first kappa shape index (κ1) is 17.6. The van der Waals surface area contributed by atoms with Gasteiger partial charge in [0.25, 0.3) is 0 Å². The molecule has 5 nitrogen and oxygen atoms in total. The highest BCUT2D eigenvalue weighted by Crippen LogP contribution is 2.17. The summed E-state index contributed by atoms with van der Waals surface area (Å²) >= 11 is 0. The Bertz CT molecular complexity index is 497. The normalized spacial score (nSPS) is 12.1. The van der Waals surface area contributed by atoms with Crippen LogP contribution in [0.3, 0.4) is 0 Å². The topological polar surface area (TPSA) is 81.4 Å². The molecule has 0 aliphatic rings. The number of hydrogen-bond acceptors (Lipinski definition) is 4. The average Bonchev–Trinajstić information content (AvgIpc) is 2.43. The summed E-state index contributed by atoms with van der Waals surface area (Å²) in [5.41, 5.74) is 5.98. The molecule has 7 heteroatoms. The molecular weight excluding hydrogens is 295 g/mol. The molecule has 0 saturated heterocycles. The second-order valence-corrected chi connectivity index (χ2v) is 6.28. The summed E-state index contributed by atoms with van der Waals surface area (Å²) in [6.45, 7) is 0.584. The van der Waals surface area contributed by atoms with Gasteiger partial charge in [0.1, 0.15) is 5.82 Å². The fourth-order valence-corrected chi connectivity index (χ4v) is 2.82. The van der Waals surface area contributed by atoms with Crippen LogP contribution in [-0.2, 0) is 20.3 Å². The maximum Gasteiger partial charge on any atom is 0.224 e. The number of halogens is 1. The summed E-state index contributed by atoms with van der Waals surface area (Å²) in [5, 5.41) is 2.46. The van der Waals surface area contributed by atoms with Gasteiger partial charge in [0.2, 0.25) is 5.91 Å². The number of benzene rings is 1. The average molecular weight is 316 g/mol. The number of rotatable bonds is 9. The maximum absolute atomic E-state index is 13.4. The van der Waals surface area contributed by atoms with Crippen LogP contribution < -0.4 is 11.1 Å². The lowest BCUT2D eigenvalue weighted by atomic mass is 10.2. The molecule has 118 valence electrons. The Labute approximate surface area is 126 Å². The Morgan fingerprint density at radius 3 is 2.81 bits per heavy atom. The predicted octanol–water partition coefficient (Wildman–Crippen LogP) is 1.91. The Morgan fingerprint density at radius 2 is 2.10 bits per heavy atom. The Balaban J connectivity index is 2.28. The van der Waals surface area contributed by atoms with E-state index in [1.165, 1.54) is 18.2 Å². The van der Waals surface area contributed by atoms with E-state index in [1.807, 2.05) is 0 Å². The minimum Gasteiger partial charge on any atom is -0.399 e. The summed E-state index contributed by atoms with van der Waals surface area (Å²) in [4.78, 5) is 11.7. The van der Waals surface area contributed by atoms with Crippen molar-refractivity contribution in [2.75, 3.05) is 36.3 Å². The summed E-state index contributed by atoms with van der Waals surface area (Å²) < 4.78 is 29.9. The van der Waals surface area contributed by atoms with E-state index in [-0.39, 0.29) is 18.0 Å². The third-order valence-corrected chi connectivity index (χ3v) is 4.25. The highest BCUT2D eigenvalue weighted by atomic mass is 32.2. The van der Waals surface area contributed by atoms with Crippen LogP contribution in [0.2, 0.25) is 0 Å². The van der Waals surface area contributed by atoms with Gasteiger partial charge in [0.05, 0.1) is 5.69 Å². The first-order valence-corrected chi connectivity index (χ1v) is 8.20. The predicted molar refractivity (Wildman–Crippen MR) is 83.0 cm³/mol. The second kappa shape index (κ2) is 9.46. The van der Waals surface area contributed by atoms with Crippen molar-refractivity contribution in [2.45, 2.75) is 19.3 Å². The number of nitrogens with one attached hydrogen (secondary N) is 1. The Morgan fingerprint density at radius 1 is 1.38 bits per heavy atom. The van der Waals surface area contributed by atoms with Crippen LogP contribution in [0.5, 0.6) is 0 Å². The fraction of sp³-hybridized carbons (Fsp3) is 0.500. The van der Waals surface area contributed by atoms with E-state index in [2.05, 4.69) is 5.32 Å². The number of carbonyl (C=O) groups is 1. The van der Waals surface area contributed by atoms with Crippen LogP contribution in [0, 0.1) is 5.82 Å². The number of anilines is 2. The molecule has 0 aromatic heterocycles. The van der Waals surface area contributed by atoms with Gasteiger partial charge in [-0.2, -0.15) is 0 Å². The fourth-order valence-electron chi connectivity index (χ4n) is 1.71. The summed E-state index contributed by atoms with van der Waals surface area (Å²) in [6.07, 6.45) is 1.43. The van der Waals surface area contributed by atoms with Crippen molar-refractivity contribution in [3.8, 4) is 0 Å². The van der Waals surface area contributed by atoms with E-state index < -0.39 is 16.6 Å². The van der Waals surface area contributed by atoms with Gasteiger partial charge in [-0.15, -0.1) is 0 Å². The molecular formula is C14H21FN2O3S. The van der Waals surface area contributed by atoms with Crippen LogP contribution in [0.25, 0.3) is 0 Å². The highest BCUT2D eigenvalue weighted by Gasteiger charge is 2.08. The largest absolute Gasteiger partial charge is 0.399 e. The van der Waals surface area contributed by atoms with Crippen molar-refractivity contribution in [2.24, 2.45) is 0 Å². The molecule has 0 radical (unpaired) electrons. The first-order chi connectivity index (χ1) is 10.0. The lowest BCUT2D eigenvalue weighted by Crippen LogP contribution is -2.14. The molecule has 1 amide bonds. The van der Waals surface area contributed by atoms with Gasteiger partial charge in [-0.3, -0.25) is 9.00 Å². The molecule has 3 N–H and O–H groups in total. The van der Waals surface area contributed by atoms with E-state index in [1.54, 1.807) is 7.11 Å². The number of ether oxygens (including phenoxy) is 1. The molecule has 0 aliphatic heterocycles. The van der Waals surface area contributed by atoms with Crippen molar-refractivity contribution >= 4 is 28.1 Å². The monoisotopic (exact) mass is 316 g/mol. The van der Waals surface area contributed by atoms with Gasteiger partial charge < -0.3 is 15.8 Å². The second-order valence-electron chi connectivity index (χ2n) is 4.59. The SMILES string of the molecule is COCCCS(=O)CCCC(=O)Nc1cc(N)ccc1F. The molecule has 1 unspecified atom stereocenters. The van der Waals surface area contributed by atoms with Crippen molar-refractivity contribution in [1.82, 2.24) is 0 Å².